The lowest BCUT2D eigenvalue weighted by molar-refractivity contribution is -0.278. The molecular formula is C31H36O19. The van der Waals surface area contributed by atoms with E-state index in [1.54, 1.807) is 0 Å². The molecule has 274 valence electrons. The number of methoxy groups -OCH3 is 2. The van der Waals surface area contributed by atoms with Crippen LogP contribution in [0.5, 0.6) is 34.5 Å². The number of rotatable bonds is 10. The van der Waals surface area contributed by atoms with Crippen LogP contribution in [0.1, 0.15) is 6.92 Å². The van der Waals surface area contributed by atoms with Gasteiger partial charge in [0, 0.05) is 18.6 Å². The monoisotopic (exact) mass is 712 g/mol. The zero-order valence-electron chi connectivity index (χ0n) is 26.6. The predicted molar refractivity (Wildman–Crippen MR) is 163 cm³/mol. The van der Waals surface area contributed by atoms with Crippen molar-refractivity contribution in [3.8, 4) is 45.8 Å². The van der Waals surface area contributed by atoms with Crippen molar-refractivity contribution in [3.05, 3.63) is 34.5 Å². The fourth-order valence-corrected chi connectivity index (χ4v) is 5.44. The van der Waals surface area contributed by atoms with Gasteiger partial charge >= 0.3 is 5.97 Å². The van der Waals surface area contributed by atoms with Crippen LogP contribution in [0.25, 0.3) is 22.3 Å². The van der Waals surface area contributed by atoms with E-state index in [0.29, 0.717) is 0 Å². The molecule has 0 spiro atoms. The molecule has 3 heterocycles. The smallest absolute Gasteiger partial charge is 0.302 e. The van der Waals surface area contributed by atoms with Crippen LogP contribution in [0.15, 0.2) is 33.5 Å². The van der Waals surface area contributed by atoms with E-state index in [2.05, 4.69) is 0 Å². The molecule has 0 unspecified atom stereocenters. The number of aromatic hydroxyl groups is 2. The molecule has 9 N–H and O–H groups in total. The second kappa shape index (κ2) is 14.8. The molecule has 2 aliphatic heterocycles. The number of fused-ring (bicyclic) bond motifs is 1. The number of esters is 1. The van der Waals surface area contributed by atoms with Gasteiger partial charge < -0.3 is 83.5 Å². The molecular weight excluding hydrogens is 676 g/mol. The lowest BCUT2D eigenvalue weighted by Crippen LogP contribution is -2.60. The first-order valence-electron chi connectivity index (χ1n) is 15.0. The van der Waals surface area contributed by atoms with E-state index < -0.39 is 120 Å². The molecule has 19 heteroatoms. The number of hydrogen-bond donors (Lipinski definition) is 9. The first-order valence-corrected chi connectivity index (χ1v) is 15.0. The number of aliphatic hydroxyl groups is 7. The number of benzene rings is 2. The summed E-state index contributed by atoms with van der Waals surface area (Å²) >= 11 is 0. The van der Waals surface area contributed by atoms with Gasteiger partial charge in [0.05, 0.1) is 20.8 Å². The average Bonchev–Trinajstić information content (AvgIpc) is 3.09. The third kappa shape index (κ3) is 6.82. The third-order valence-corrected chi connectivity index (χ3v) is 8.12. The predicted octanol–water partition coefficient (Wildman–Crippen LogP) is -2.18. The van der Waals surface area contributed by atoms with Crippen molar-refractivity contribution in [1.82, 2.24) is 0 Å². The lowest BCUT2D eigenvalue weighted by atomic mass is 9.99. The summed E-state index contributed by atoms with van der Waals surface area (Å²) in [6, 6.07) is 4.60. The Balaban J connectivity index is 1.66. The fourth-order valence-electron chi connectivity index (χ4n) is 5.44. The Morgan fingerprint density at radius 3 is 1.98 bits per heavy atom. The Labute approximate surface area is 281 Å². The number of phenols is 2. The number of phenolic OH excluding ortho intramolecular Hbond substituents is 2. The molecule has 0 saturated carbocycles. The van der Waals surface area contributed by atoms with Gasteiger partial charge in [-0.2, -0.15) is 0 Å². The van der Waals surface area contributed by atoms with Crippen molar-refractivity contribution in [2.45, 2.75) is 68.3 Å². The zero-order valence-corrected chi connectivity index (χ0v) is 26.6. The molecule has 2 aromatic carbocycles. The van der Waals surface area contributed by atoms with Crippen molar-refractivity contribution in [3.63, 3.8) is 0 Å². The van der Waals surface area contributed by atoms with Crippen LogP contribution < -0.4 is 24.4 Å². The van der Waals surface area contributed by atoms with E-state index in [4.69, 9.17) is 37.6 Å². The molecule has 0 aliphatic carbocycles. The standard InChI is InChI=1S/C31H36O19/c1-10(33)45-9-17-20(37)23(40)25(42)31(48-17)50-29-21(38)18-13(35)7-15(46-30-24(41)22(39)19(36)16(8-32)47-30)27(44-3)28(18)49-26(29)11-4-5-12(34)14(6-11)43-2/h4-7,16-17,19-20,22-25,30-32,34-37,39-42H,8-9H2,1-3H3/t16-,17-,19-,20-,22+,23+,24-,25-,30+,31-/m1/s1. The second-order valence-corrected chi connectivity index (χ2v) is 11.4. The highest BCUT2D eigenvalue weighted by Gasteiger charge is 2.47. The fraction of sp³-hybridized carbons (Fsp3) is 0.484. The molecule has 2 aliphatic rings. The van der Waals surface area contributed by atoms with E-state index >= 15 is 0 Å². The lowest BCUT2D eigenvalue weighted by Gasteiger charge is -2.40. The number of carbonyl (C=O) groups excluding carboxylic acids is 1. The van der Waals surface area contributed by atoms with Crippen LogP contribution >= 0.6 is 0 Å². The normalized spacial score (nSPS) is 29.7. The second-order valence-electron chi connectivity index (χ2n) is 11.4. The molecule has 3 aromatic rings. The van der Waals surface area contributed by atoms with Crippen molar-refractivity contribution < 1.29 is 88.3 Å². The Hall–Kier alpha value is -4.44. The maximum atomic E-state index is 14.2. The van der Waals surface area contributed by atoms with Crippen molar-refractivity contribution >= 4 is 16.9 Å². The summed E-state index contributed by atoms with van der Waals surface area (Å²) in [5.74, 6) is -3.84. The van der Waals surface area contributed by atoms with Crippen LogP contribution in [0.3, 0.4) is 0 Å². The van der Waals surface area contributed by atoms with Gasteiger partial charge in [0.2, 0.25) is 29.5 Å². The SMILES string of the molecule is COc1cc(-c2oc3c(OC)c(O[C@H]4O[C@H](CO)[C@@H](O)[C@H](O)[C@H]4O)cc(O)c3c(=O)c2O[C@H]2O[C@H](COC(C)=O)[C@@H](O)[C@H](O)[C@H]2O)ccc1O. The third-order valence-electron chi connectivity index (χ3n) is 8.12. The zero-order chi connectivity index (χ0) is 36.6. The van der Waals surface area contributed by atoms with E-state index in [1.165, 1.54) is 25.3 Å². The Morgan fingerprint density at radius 2 is 1.38 bits per heavy atom. The average molecular weight is 713 g/mol. The van der Waals surface area contributed by atoms with Gasteiger partial charge in [-0.1, -0.05) is 0 Å². The molecule has 10 atom stereocenters. The van der Waals surface area contributed by atoms with Crippen molar-refractivity contribution in [2.24, 2.45) is 0 Å². The summed E-state index contributed by atoms with van der Waals surface area (Å²) in [6.45, 7) is -0.236. The Kier molecular flexibility index (Phi) is 10.9. The molecule has 2 saturated heterocycles. The quantitative estimate of drug-likeness (QED) is 0.101. The number of carbonyl (C=O) groups is 1. The number of hydrogen-bond acceptors (Lipinski definition) is 19. The molecule has 0 bridgehead atoms. The van der Waals surface area contributed by atoms with Crippen LogP contribution in [0, 0.1) is 0 Å². The Morgan fingerprint density at radius 1 is 0.760 bits per heavy atom. The van der Waals surface area contributed by atoms with Gasteiger partial charge in [0.1, 0.15) is 66.6 Å². The minimum Gasteiger partial charge on any atom is -0.507 e. The van der Waals surface area contributed by atoms with Crippen LogP contribution in [-0.4, -0.2) is 141 Å². The van der Waals surface area contributed by atoms with E-state index in [1.807, 2.05) is 0 Å². The van der Waals surface area contributed by atoms with E-state index in [-0.39, 0.29) is 22.8 Å². The molecule has 0 amide bonds. The maximum absolute atomic E-state index is 14.2. The first-order chi connectivity index (χ1) is 23.7. The number of aliphatic hydroxyl groups excluding tert-OH is 7. The van der Waals surface area contributed by atoms with E-state index in [0.717, 1.165) is 20.1 Å². The minimum absolute atomic E-state index is 0.0118. The topological polar surface area (TPSA) is 294 Å². The molecule has 19 nitrogen and oxygen atoms in total. The van der Waals surface area contributed by atoms with Gasteiger partial charge in [0.25, 0.3) is 0 Å². The van der Waals surface area contributed by atoms with Crippen LogP contribution in [-0.2, 0) is 19.0 Å². The molecule has 1 aromatic heterocycles. The summed E-state index contributed by atoms with van der Waals surface area (Å²) < 4.78 is 44.0. The van der Waals surface area contributed by atoms with Crippen LogP contribution in [0.2, 0.25) is 0 Å². The van der Waals surface area contributed by atoms with Crippen LogP contribution in [0.4, 0.5) is 0 Å². The highest BCUT2D eigenvalue weighted by Crippen LogP contribution is 2.45. The van der Waals surface area contributed by atoms with Crippen molar-refractivity contribution in [2.75, 3.05) is 27.4 Å². The first kappa shape index (κ1) is 36.8. The maximum Gasteiger partial charge on any atom is 0.302 e. The summed E-state index contributed by atoms with van der Waals surface area (Å²) in [5, 5.41) is 92.8. The Bertz CT molecular complexity index is 1760. The minimum atomic E-state index is -1.98. The highest BCUT2D eigenvalue weighted by atomic mass is 16.7. The summed E-state index contributed by atoms with van der Waals surface area (Å²) in [4.78, 5) is 25.5. The summed E-state index contributed by atoms with van der Waals surface area (Å²) in [6.07, 6.45) is -17.4. The number of ether oxygens (including phenoxy) is 7. The van der Waals surface area contributed by atoms with Gasteiger partial charge in [-0.25, -0.2) is 0 Å². The van der Waals surface area contributed by atoms with Gasteiger partial charge in [-0.15, -0.1) is 0 Å². The highest BCUT2D eigenvalue weighted by molar-refractivity contribution is 5.93. The van der Waals surface area contributed by atoms with E-state index in [9.17, 15) is 55.5 Å². The van der Waals surface area contributed by atoms with Gasteiger partial charge in [-0.05, 0) is 18.2 Å². The summed E-state index contributed by atoms with van der Waals surface area (Å²) in [7, 11) is 2.39. The molecule has 2 fully saturated rings. The molecule has 5 rings (SSSR count). The van der Waals surface area contributed by atoms with Gasteiger partial charge in [-0.3, -0.25) is 9.59 Å². The van der Waals surface area contributed by atoms with Crippen molar-refractivity contribution in [1.29, 1.82) is 0 Å². The largest absolute Gasteiger partial charge is 0.507 e. The molecule has 50 heavy (non-hydrogen) atoms. The summed E-state index contributed by atoms with van der Waals surface area (Å²) in [5.41, 5.74) is -1.56. The van der Waals surface area contributed by atoms with Gasteiger partial charge in [0.15, 0.2) is 28.6 Å². The molecule has 0 radical (unpaired) electrons.